The number of carbonyl (C=O) groups excluding carboxylic acids is 2. The summed E-state index contributed by atoms with van der Waals surface area (Å²) in [5.41, 5.74) is 2.75. The van der Waals surface area contributed by atoms with Gasteiger partial charge in [0.15, 0.2) is 0 Å². The molecule has 0 fully saturated rings. The number of hydrogen-bond acceptors (Lipinski definition) is 4. The van der Waals surface area contributed by atoms with Gasteiger partial charge in [-0.15, -0.1) is 0 Å². The number of para-hydroxylation sites is 1. The second-order valence-corrected chi connectivity index (χ2v) is 8.34. The Morgan fingerprint density at radius 1 is 1.04 bits per heavy atom. The molecule has 0 saturated carbocycles. The van der Waals surface area contributed by atoms with Crippen LogP contribution < -0.4 is 14.9 Å². The van der Waals surface area contributed by atoms with Gasteiger partial charge in [0.05, 0.1) is 11.4 Å². The Hall–Kier alpha value is -2.87. The highest BCUT2D eigenvalue weighted by atomic mass is 32.2. The Morgan fingerprint density at radius 3 is 2.48 bits per heavy atom. The Labute approximate surface area is 158 Å². The normalized spacial score (nSPS) is 13.1. The zero-order chi connectivity index (χ0) is 19.4. The molecule has 0 radical (unpaired) electrons. The van der Waals surface area contributed by atoms with Crippen LogP contribution in [0.15, 0.2) is 48.5 Å². The Morgan fingerprint density at radius 2 is 1.74 bits per heavy atom. The van der Waals surface area contributed by atoms with Crippen molar-refractivity contribution < 1.29 is 18.0 Å². The van der Waals surface area contributed by atoms with Crippen molar-refractivity contribution in [2.45, 2.75) is 19.8 Å². The molecule has 142 valence electrons. The smallest absolute Gasteiger partial charge is 0.235 e. The van der Waals surface area contributed by atoms with Crippen molar-refractivity contribution in [3.63, 3.8) is 0 Å². The van der Waals surface area contributed by atoms with Crippen molar-refractivity contribution in [3.05, 3.63) is 54.1 Å². The molecule has 0 atom stereocenters. The molecule has 0 unspecified atom stereocenters. The molecular weight excluding hydrogens is 366 g/mol. The summed E-state index contributed by atoms with van der Waals surface area (Å²) in [6.07, 6.45) is 0.531. The SMILES string of the molecule is CC(=O)Nc1cccc(NC(=O)CCS(=O)(=O)N2CCc3ccccc32)c1. The van der Waals surface area contributed by atoms with E-state index in [9.17, 15) is 18.0 Å². The van der Waals surface area contributed by atoms with E-state index in [1.54, 1.807) is 36.4 Å². The predicted molar refractivity (Wildman–Crippen MR) is 105 cm³/mol. The Balaban J connectivity index is 1.60. The molecule has 1 aliphatic rings. The van der Waals surface area contributed by atoms with Crippen LogP contribution in [0, 0.1) is 0 Å². The minimum atomic E-state index is -3.57. The van der Waals surface area contributed by atoms with Crippen molar-refractivity contribution in [2.75, 3.05) is 27.2 Å². The summed E-state index contributed by atoms with van der Waals surface area (Å²) in [5.74, 6) is -0.875. The Bertz CT molecular complexity index is 972. The van der Waals surface area contributed by atoms with Crippen LogP contribution in [0.3, 0.4) is 0 Å². The third-order valence-electron chi connectivity index (χ3n) is 4.23. The summed E-state index contributed by atoms with van der Waals surface area (Å²) in [5, 5.41) is 5.29. The molecule has 1 heterocycles. The second-order valence-electron chi connectivity index (χ2n) is 6.33. The van der Waals surface area contributed by atoms with Crippen LogP contribution in [-0.2, 0) is 26.0 Å². The zero-order valence-electron chi connectivity index (χ0n) is 14.9. The molecule has 0 saturated heterocycles. The van der Waals surface area contributed by atoms with E-state index >= 15 is 0 Å². The van der Waals surface area contributed by atoms with Crippen LogP contribution in [0.4, 0.5) is 17.1 Å². The number of benzene rings is 2. The van der Waals surface area contributed by atoms with Gasteiger partial charge in [-0.3, -0.25) is 13.9 Å². The summed E-state index contributed by atoms with van der Waals surface area (Å²) < 4.78 is 26.6. The quantitative estimate of drug-likeness (QED) is 0.795. The molecular formula is C19H21N3O4S. The van der Waals surface area contributed by atoms with E-state index in [0.29, 0.717) is 30.0 Å². The summed E-state index contributed by atoms with van der Waals surface area (Å²) in [4.78, 5) is 23.3. The van der Waals surface area contributed by atoms with Gasteiger partial charge in [-0.05, 0) is 36.2 Å². The number of sulfonamides is 1. The number of fused-ring (bicyclic) bond motifs is 1. The van der Waals surface area contributed by atoms with Crippen LogP contribution in [0.25, 0.3) is 0 Å². The van der Waals surface area contributed by atoms with Crippen molar-refractivity contribution in [1.82, 2.24) is 0 Å². The lowest BCUT2D eigenvalue weighted by Gasteiger charge is -2.19. The fourth-order valence-electron chi connectivity index (χ4n) is 3.03. The molecule has 0 spiro atoms. The fraction of sp³-hybridized carbons (Fsp3) is 0.263. The van der Waals surface area contributed by atoms with Gasteiger partial charge in [0, 0.05) is 31.3 Å². The highest BCUT2D eigenvalue weighted by Crippen LogP contribution is 2.30. The summed E-state index contributed by atoms with van der Waals surface area (Å²) >= 11 is 0. The van der Waals surface area contributed by atoms with Gasteiger partial charge >= 0.3 is 0 Å². The van der Waals surface area contributed by atoms with Crippen molar-refractivity contribution in [1.29, 1.82) is 0 Å². The van der Waals surface area contributed by atoms with Gasteiger partial charge in [0.2, 0.25) is 21.8 Å². The number of hydrogen-bond donors (Lipinski definition) is 2. The highest BCUT2D eigenvalue weighted by Gasteiger charge is 2.29. The van der Waals surface area contributed by atoms with Gasteiger partial charge in [-0.2, -0.15) is 0 Å². The number of anilines is 3. The number of nitrogens with zero attached hydrogens (tertiary/aromatic N) is 1. The third-order valence-corrected chi connectivity index (χ3v) is 6.00. The second kappa shape index (κ2) is 7.79. The molecule has 27 heavy (non-hydrogen) atoms. The van der Waals surface area contributed by atoms with Crippen LogP contribution in [0.2, 0.25) is 0 Å². The lowest BCUT2D eigenvalue weighted by atomic mass is 10.2. The van der Waals surface area contributed by atoms with E-state index in [4.69, 9.17) is 0 Å². The van der Waals surface area contributed by atoms with Gasteiger partial charge < -0.3 is 10.6 Å². The molecule has 8 heteroatoms. The van der Waals surface area contributed by atoms with E-state index in [1.807, 2.05) is 12.1 Å². The van der Waals surface area contributed by atoms with E-state index in [-0.39, 0.29) is 18.1 Å². The van der Waals surface area contributed by atoms with Gasteiger partial charge in [-0.1, -0.05) is 24.3 Å². The topological polar surface area (TPSA) is 95.6 Å². The molecule has 0 aromatic heterocycles. The van der Waals surface area contributed by atoms with E-state index < -0.39 is 15.9 Å². The van der Waals surface area contributed by atoms with E-state index in [1.165, 1.54) is 11.2 Å². The van der Waals surface area contributed by atoms with Crippen molar-refractivity contribution in [3.8, 4) is 0 Å². The van der Waals surface area contributed by atoms with Gasteiger partial charge in [-0.25, -0.2) is 8.42 Å². The minimum absolute atomic E-state index is 0.147. The van der Waals surface area contributed by atoms with Crippen molar-refractivity contribution >= 4 is 38.9 Å². The van der Waals surface area contributed by atoms with Crippen LogP contribution in [0.1, 0.15) is 18.9 Å². The average molecular weight is 387 g/mol. The predicted octanol–water partition coefficient (Wildman–Crippen LogP) is 2.37. The number of rotatable bonds is 6. The van der Waals surface area contributed by atoms with Crippen molar-refractivity contribution in [2.24, 2.45) is 0 Å². The monoisotopic (exact) mass is 387 g/mol. The maximum absolute atomic E-state index is 12.6. The molecule has 2 aromatic rings. The summed E-state index contributed by atoms with van der Waals surface area (Å²) in [7, 11) is -3.57. The molecule has 0 aliphatic carbocycles. The first-order valence-corrected chi connectivity index (χ1v) is 10.2. The number of carbonyl (C=O) groups is 2. The largest absolute Gasteiger partial charge is 0.326 e. The summed E-state index contributed by atoms with van der Waals surface area (Å²) in [6.45, 7) is 1.80. The standard InChI is InChI=1S/C19H21N3O4S/c1-14(23)20-16-6-4-7-17(13-16)21-19(24)10-12-27(25,26)22-11-9-15-5-2-3-8-18(15)22/h2-8,13H,9-12H2,1H3,(H,20,23)(H,21,24). The lowest BCUT2D eigenvalue weighted by molar-refractivity contribution is -0.116. The number of nitrogens with one attached hydrogen (secondary N) is 2. The zero-order valence-corrected chi connectivity index (χ0v) is 15.8. The highest BCUT2D eigenvalue weighted by molar-refractivity contribution is 7.92. The number of amides is 2. The molecule has 0 bridgehead atoms. The van der Waals surface area contributed by atoms with E-state index in [2.05, 4.69) is 10.6 Å². The van der Waals surface area contributed by atoms with Crippen LogP contribution >= 0.6 is 0 Å². The van der Waals surface area contributed by atoms with Gasteiger partial charge in [0.1, 0.15) is 0 Å². The first kappa shape index (κ1) is 18.9. The fourth-order valence-corrected chi connectivity index (χ4v) is 4.54. The Kier molecular flexibility index (Phi) is 5.46. The maximum atomic E-state index is 12.6. The molecule has 7 nitrogen and oxygen atoms in total. The average Bonchev–Trinajstić information content (AvgIpc) is 3.05. The summed E-state index contributed by atoms with van der Waals surface area (Å²) in [6, 6.07) is 14.1. The molecule has 2 N–H and O–H groups in total. The van der Waals surface area contributed by atoms with Crippen LogP contribution in [-0.4, -0.2) is 32.5 Å². The molecule has 1 aliphatic heterocycles. The molecule has 3 rings (SSSR count). The lowest BCUT2D eigenvalue weighted by Crippen LogP contribution is -2.32. The van der Waals surface area contributed by atoms with E-state index in [0.717, 1.165) is 5.56 Å². The minimum Gasteiger partial charge on any atom is -0.326 e. The maximum Gasteiger partial charge on any atom is 0.235 e. The first-order chi connectivity index (χ1) is 12.8. The first-order valence-electron chi connectivity index (χ1n) is 8.61. The molecule has 2 amide bonds. The van der Waals surface area contributed by atoms with Gasteiger partial charge in [0.25, 0.3) is 0 Å². The van der Waals surface area contributed by atoms with Crippen LogP contribution in [0.5, 0.6) is 0 Å². The molecule has 2 aromatic carbocycles. The third kappa shape index (κ3) is 4.65.